The van der Waals surface area contributed by atoms with E-state index >= 15 is 0 Å². The molecule has 0 aliphatic rings. The van der Waals surface area contributed by atoms with Gasteiger partial charge in [-0.15, -0.1) is 11.3 Å². The molecule has 2 N–H and O–H groups in total. The first-order valence-electron chi connectivity index (χ1n) is 4.90. The fourth-order valence-electron chi connectivity index (χ4n) is 1.23. The number of hydrogen-bond donors (Lipinski definition) is 1. The van der Waals surface area contributed by atoms with E-state index in [1.54, 1.807) is 0 Å². The maximum atomic E-state index is 12.9. The Balaban J connectivity index is 1.99. The number of nitrogens with zero attached hydrogens (tertiary/aromatic N) is 1. The Bertz CT molecular complexity index is 518. The monoisotopic (exact) mass is 272 g/mol. The summed E-state index contributed by atoms with van der Waals surface area (Å²) in [5.74, 6) is 0.0526. The van der Waals surface area contributed by atoms with E-state index < -0.39 is 5.82 Å². The van der Waals surface area contributed by atoms with Crippen LogP contribution in [0.3, 0.4) is 0 Å². The number of hydrogen-bond acceptors (Lipinski definition) is 4. The predicted molar refractivity (Wildman–Crippen MR) is 65.7 cm³/mol. The van der Waals surface area contributed by atoms with Crippen LogP contribution >= 0.6 is 22.9 Å². The van der Waals surface area contributed by atoms with Gasteiger partial charge in [0.2, 0.25) is 0 Å². The Morgan fingerprint density at radius 2 is 2.29 bits per heavy atom. The second-order valence-electron chi connectivity index (χ2n) is 3.30. The molecule has 6 heteroatoms. The first kappa shape index (κ1) is 12.3. The van der Waals surface area contributed by atoms with Crippen LogP contribution in [0.1, 0.15) is 10.7 Å². The van der Waals surface area contributed by atoms with Gasteiger partial charge in [0.15, 0.2) is 0 Å². The molecule has 0 radical (unpaired) electrons. The lowest BCUT2D eigenvalue weighted by Crippen LogP contribution is -1.99. The summed E-state index contributed by atoms with van der Waals surface area (Å²) in [6.45, 7) is 0.742. The third kappa shape index (κ3) is 3.15. The fraction of sp³-hybridized carbons (Fsp3) is 0.182. The van der Waals surface area contributed by atoms with Crippen molar-refractivity contribution < 1.29 is 9.13 Å². The number of ether oxygens (including phenoxy) is 1. The molecule has 17 heavy (non-hydrogen) atoms. The average Bonchev–Trinajstić information content (AvgIpc) is 2.79. The number of nitrogens with two attached hydrogens (primary N) is 1. The fourth-order valence-corrected chi connectivity index (χ4v) is 2.06. The normalized spacial score (nSPS) is 10.5. The maximum absolute atomic E-state index is 12.9. The third-order valence-corrected chi connectivity index (χ3v) is 3.26. The smallest absolute Gasteiger partial charge is 0.142 e. The van der Waals surface area contributed by atoms with E-state index in [0.29, 0.717) is 18.9 Å². The highest BCUT2D eigenvalue weighted by molar-refractivity contribution is 7.09. The lowest BCUT2D eigenvalue weighted by Gasteiger charge is -2.04. The summed E-state index contributed by atoms with van der Waals surface area (Å²) < 4.78 is 18.3. The second-order valence-corrected chi connectivity index (χ2v) is 4.65. The minimum atomic E-state index is -0.460. The van der Waals surface area contributed by atoms with Gasteiger partial charge in [0.25, 0.3) is 0 Å². The van der Waals surface area contributed by atoms with Gasteiger partial charge in [-0.05, 0) is 12.1 Å². The van der Waals surface area contributed by atoms with Crippen molar-refractivity contribution >= 4 is 22.9 Å². The van der Waals surface area contributed by atoms with E-state index in [1.807, 2.05) is 5.38 Å². The molecule has 0 bridgehead atoms. The van der Waals surface area contributed by atoms with Crippen LogP contribution < -0.4 is 10.5 Å². The highest BCUT2D eigenvalue weighted by atomic mass is 35.5. The van der Waals surface area contributed by atoms with E-state index in [-0.39, 0.29) is 5.02 Å². The van der Waals surface area contributed by atoms with E-state index in [4.69, 9.17) is 22.1 Å². The van der Waals surface area contributed by atoms with Gasteiger partial charge >= 0.3 is 0 Å². The number of thiazole rings is 1. The second kappa shape index (κ2) is 5.44. The summed E-state index contributed by atoms with van der Waals surface area (Å²) >= 11 is 7.13. The van der Waals surface area contributed by atoms with Crippen molar-refractivity contribution in [3.05, 3.63) is 45.1 Å². The highest BCUT2D eigenvalue weighted by Crippen LogP contribution is 2.22. The molecule has 1 heterocycles. The van der Waals surface area contributed by atoms with E-state index in [9.17, 15) is 4.39 Å². The van der Waals surface area contributed by atoms with Crippen LogP contribution in [0.4, 0.5) is 4.39 Å². The molecule has 0 fully saturated rings. The van der Waals surface area contributed by atoms with Gasteiger partial charge in [0, 0.05) is 18.0 Å². The Labute approximate surface area is 107 Å². The molecule has 90 valence electrons. The lowest BCUT2D eigenvalue weighted by atomic mass is 10.3. The van der Waals surface area contributed by atoms with Crippen molar-refractivity contribution in [2.24, 2.45) is 5.73 Å². The molecule has 2 rings (SSSR count). The van der Waals surface area contributed by atoms with Crippen LogP contribution in [0.25, 0.3) is 0 Å². The molecule has 0 spiro atoms. The Kier molecular flexibility index (Phi) is 3.93. The van der Waals surface area contributed by atoms with Crippen molar-refractivity contribution in [2.45, 2.75) is 13.2 Å². The molecular formula is C11H10ClFN2OS. The molecular weight excluding hydrogens is 263 g/mol. The number of rotatable bonds is 4. The van der Waals surface area contributed by atoms with E-state index in [1.165, 1.54) is 29.5 Å². The molecule has 0 atom stereocenters. The van der Waals surface area contributed by atoms with Crippen LogP contribution in [-0.4, -0.2) is 4.98 Å². The maximum Gasteiger partial charge on any atom is 0.142 e. The Hall–Kier alpha value is -1.17. The quantitative estimate of drug-likeness (QED) is 0.931. The molecule has 1 aromatic heterocycles. The molecule has 0 saturated heterocycles. The van der Waals surface area contributed by atoms with Crippen LogP contribution in [0.2, 0.25) is 5.02 Å². The standard InChI is InChI=1S/C11H10ClFN2OS/c12-9-3-8(1-2-10(9)13)16-5-7-6-17-11(4-14)15-7/h1-3,6H,4-5,14H2. The van der Waals surface area contributed by atoms with Gasteiger partial charge in [-0.1, -0.05) is 11.6 Å². The molecule has 0 amide bonds. The van der Waals surface area contributed by atoms with Gasteiger partial charge in [0.1, 0.15) is 23.2 Å². The first-order valence-corrected chi connectivity index (χ1v) is 6.16. The summed E-state index contributed by atoms with van der Waals surface area (Å²) in [6, 6.07) is 4.23. The zero-order valence-corrected chi connectivity index (χ0v) is 10.4. The third-order valence-electron chi connectivity index (χ3n) is 2.05. The molecule has 0 saturated carbocycles. The van der Waals surface area contributed by atoms with Gasteiger partial charge in [0.05, 0.1) is 10.7 Å². The average molecular weight is 273 g/mol. The summed E-state index contributed by atoms with van der Waals surface area (Å²) in [6.07, 6.45) is 0. The van der Waals surface area contributed by atoms with Crippen molar-refractivity contribution in [2.75, 3.05) is 0 Å². The van der Waals surface area contributed by atoms with Gasteiger partial charge < -0.3 is 10.5 Å². The zero-order valence-electron chi connectivity index (χ0n) is 8.82. The summed E-state index contributed by atoms with van der Waals surface area (Å²) in [4.78, 5) is 4.25. The van der Waals surface area contributed by atoms with Crippen LogP contribution in [0.5, 0.6) is 5.75 Å². The minimum absolute atomic E-state index is 0.0448. The number of benzene rings is 1. The van der Waals surface area contributed by atoms with Crippen molar-refractivity contribution in [3.63, 3.8) is 0 Å². The molecule has 0 unspecified atom stereocenters. The predicted octanol–water partition coefficient (Wildman–Crippen LogP) is 2.97. The molecule has 2 aromatic rings. The van der Waals surface area contributed by atoms with E-state index in [0.717, 1.165) is 10.7 Å². The zero-order chi connectivity index (χ0) is 12.3. The molecule has 1 aromatic carbocycles. The largest absolute Gasteiger partial charge is 0.487 e. The first-order chi connectivity index (χ1) is 8.19. The highest BCUT2D eigenvalue weighted by Gasteiger charge is 2.04. The minimum Gasteiger partial charge on any atom is -0.487 e. The lowest BCUT2D eigenvalue weighted by molar-refractivity contribution is 0.301. The van der Waals surface area contributed by atoms with Crippen LogP contribution in [0.15, 0.2) is 23.6 Å². The molecule has 3 nitrogen and oxygen atoms in total. The number of aromatic nitrogens is 1. The van der Waals surface area contributed by atoms with Crippen molar-refractivity contribution in [3.8, 4) is 5.75 Å². The van der Waals surface area contributed by atoms with Gasteiger partial charge in [-0.2, -0.15) is 0 Å². The topological polar surface area (TPSA) is 48.1 Å². The van der Waals surface area contributed by atoms with Crippen molar-refractivity contribution in [1.29, 1.82) is 0 Å². The summed E-state index contributed by atoms with van der Waals surface area (Å²) in [5.41, 5.74) is 6.26. The number of halogens is 2. The van der Waals surface area contributed by atoms with Gasteiger partial charge in [-0.25, -0.2) is 9.37 Å². The molecule has 0 aliphatic heterocycles. The Morgan fingerprint density at radius 3 is 2.94 bits per heavy atom. The van der Waals surface area contributed by atoms with Crippen LogP contribution in [0, 0.1) is 5.82 Å². The van der Waals surface area contributed by atoms with Crippen LogP contribution in [-0.2, 0) is 13.2 Å². The van der Waals surface area contributed by atoms with E-state index in [2.05, 4.69) is 4.98 Å². The Morgan fingerprint density at radius 1 is 1.47 bits per heavy atom. The SMILES string of the molecule is NCc1nc(COc2ccc(F)c(Cl)c2)cs1. The van der Waals surface area contributed by atoms with Gasteiger partial charge in [-0.3, -0.25) is 0 Å². The van der Waals surface area contributed by atoms with Crippen molar-refractivity contribution in [1.82, 2.24) is 4.98 Å². The molecule has 0 aliphatic carbocycles. The summed E-state index contributed by atoms with van der Waals surface area (Å²) in [7, 11) is 0. The summed E-state index contributed by atoms with van der Waals surface area (Å²) in [5, 5.41) is 2.79.